The monoisotopic (exact) mass is 610 g/mol. The van der Waals surface area contributed by atoms with Crippen LogP contribution in [-0.2, 0) is 0 Å². The fourth-order valence-corrected chi connectivity index (χ4v) is 11.1. The van der Waals surface area contributed by atoms with Crippen LogP contribution in [0.4, 0.5) is 0 Å². The Labute approximate surface area is 271 Å². The van der Waals surface area contributed by atoms with E-state index in [1.54, 1.807) is 0 Å². The highest BCUT2D eigenvalue weighted by Gasteiger charge is 2.23. The van der Waals surface area contributed by atoms with E-state index < -0.39 is 19.0 Å². The Bertz CT molecular complexity index is 1660. The summed E-state index contributed by atoms with van der Waals surface area (Å²) in [6.45, 7) is 14.3. The van der Waals surface area contributed by atoms with Gasteiger partial charge in [0, 0.05) is 11.1 Å². The third-order valence-electron chi connectivity index (χ3n) is 9.72. The molecule has 44 heavy (non-hydrogen) atoms. The minimum absolute atomic E-state index is 0.404. The first kappa shape index (κ1) is 32.1. The van der Waals surface area contributed by atoms with Crippen molar-refractivity contribution in [2.75, 3.05) is 0 Å². The summed E-state index contributed by atoms with van der Waals surface area (Å²) in [4.78, 5) is 0. The van der Waals surface area contributed by atoms with Crippen LogP contribution >= 0.6 is 0 Å². The van der Waals surface area contributed by atoms with Gasteiger partial charge in [0.1, 0.15) is 19.0 Å². The van der Waals surface area contributed by atoms with Gasteiger partial charge in [-0.2, -0.15) is 0 Å². The normalized spacial score (nSPS) is 12.5. The fraction of sp³-hybridized carbons (Fsp3) is 0.381. The SMILES string of the molecule is CCCC(C)(CCC)[SiH2]C#Cc1c2cc3ccccc3cc2c(C#C[SiH2]C(C)(CCC)CCC)c2cc3ccccc3cc12. The maximum absolute atomic E-state index is 3.86. The molecule has 5 aromatic rings. The molecule has 0 unspecified atom stereocenters. The standard InChI is InChI=1S/C42H50Si2/c1-7-21-41(5,22-8-2)43-25-19-35-37-27-31-15-11-13-17-33(31)29-39(37)36(20-26-44-42(6,23-9-3)24-10-4)40-30-34-18-14-12-16-32(34)28-38(35)40/h11-18,27-30H,7-10,21-24,43-44H2,1-6H3. The second-order valence-electron chi connectivity index (χ2n) is 13.8. The minimum Gasteiger partial charge on any atom is -0.134 e. The largest absolute Gasteiger partial charge is 0.134 e. The van der Waals surface area contributed by atoms with Gasteiger partial charge in [-0.1, -0.05) is 153 Å². The average molecular weight is 611 g/mol. The molecule has 0 nitrogen and oxygen atoms in total. The maximum Gasteiger partial charge on any atom is 0.113 e. The Morgan fingerprint density at radius 2 is 0.750 bits per heavy atom. The van der Waals surface area contributed by atoms with Gasteiger partial charge in [-0.05, 0) is 77.4 Å². The highest BCUT2D eigenvalue weighted by Crippen LogP contribution is 2.39. The Hall–Kier alpha value is -3.31. The first-order valence-electron chi connectivity index (χ1n) is 17.1. The molecule has 0 atom stereocenters. The molecule has 0 saturated heterocycles. The highest BCUT2D eigenvalue weighted by molar-refractivity contribution is 6.50. The summed E-state index contributed by atoms with van der Waals surface area (Å²) >= 11 is 0. The van der Waals surface area contributed by atoms with Gasteiger partial charge in [-0.25, -0.2) is 0 Å². The number of hydrogen-bond donors (Lipinski definition) is 0. The van der Waals surface area contributed by atoms with Crippen LogP contribution in [0.25, 0.3) is 43.1 Å². The molecule has 0 aromatic heterocycles. The van der Waals surface area contributed by atoms with Crippen molar-refractivity contribution in [1.82, 2.24) is 0 Å². The molecule has 0 radical (unpaired) electrons. The van der Waals surface area contributed by atoms with Crippen molar-refractivity contribution in [2.24, 2.45) is 0 Å². The Balaban J connectivity index is 1.80. The third kappa shape index (κ3) is 6.99. The van der Waals surface area contributed by atoms with Crippen LogP contribution in [-0.4, -0.2) is 19.0 Å². The second kappa shape index (κ2) is 14.2. The van der Waals surface area contributed by atoms with Gasteiger partial charge in [-0.3, -0.25) is 0 Å². The van der Waals surface area contributed by atoms with Crippen molar-refractivity contribution in [3.05, 3.63) is 83.9 Å². The van der Waals surface area contributed by atoms with Gasteiger partial charge < -0.3 is 0 Å². The van der Waals surface area contributed by atoms with Crippen molar-refractivity contribution in [3.8, 4) is 22.9 Å². The van der Waals surface area contributed by atoms with Crippen LogP contribution in [0.1, 0.15) is 104 Å². The van der Waals surface area contributed by atoms with Crippen molar-refractivity contribution >= 4 is 62.1 Å². The molecule has 0 fully saturated rings. The summed E-state index contributed by atoms with van der Waals surface area (Å²) in [6, 6.07) is 27.1. The van der Waals surface area contributed by atoms with E-state index >= 15 is 0 Å². The Morgan fingerprint density at radius 1 is 0.477 bits per heavy atom. The molecule has 5 rings (SSSR count). The molecular formula is C42H50Si2. The quantitative estimate of drug-likeness (QED) is 0.0838. The van der Waals surface area contributed by atoms with E-state index in [1.165, 1.54) is 106 Å². The summed E-state index contributed by atoms with van der Waals surface area (Å²) in [5.41, 5.74) is 10.1. The van der Waals surface area contributed by atoms with E-state index in [9.17, 15) is 0 Å². The Kier molecular flexibility index (Phi) is 10.4. The van der Waals surface area contributed by atoms with Crippen molar-refractivity contribution in [3.63, 3.8) is 0 Å². The zero-order chi connectivity index (χ0) is 31.2. The van der Waals surface area contributed by atoms with E-state index in [0.29, 0.717) is 10.1 Å². The first-order chi connectivity index (χ1) is 21.3. The number of rotatable bonds is 10. The van der Waals surface area contributed by atoms with Gasteiger partial charge >= 0.3 is 0 Å². The van der Waals surface area contributed by atoms with Gasteiger partial charge in [-0.15, -0.1) is 11.1 Å². The van der Waals surface area contributed by atoms with Crippen molar-refractivity contribution < 1.29 is 0 Å². The minimum atomic E-state index is -0.585. The molecule has 5 aromatic carbocycles. The van der Waals surface area contributed by atoms with Gasteiger partial charge in [0.05, 0.1) is 0 Å². The molecule has 0 amide bonds. The molecule has 0 bridgehead atoms. The molecule has 226 valence electrons. The van der Waals surface area contributed by atoms with E-state index in [1.807, 2.05) is 0 Å². The molecule has 0 aliphatic heterocycles. The highest BCUT2D eigenvalue weighted by atomic mass is 28.2. The van der Waals surface area contributed by atoms with Crippen LogP contribution in [0.2, 0.25) is 10.1 Å². The van der Waals surface area contributed by atoms with Crippen LogP contribution < -0.4 is 0 Å². The lowest BCUT2D eigenvalue weighted by atomic mass is 9.89. The van der Waals surface area contributed by atoms with Gasteiger partial charge in [0.2, 0.25) is 0 Å². The van der Waals surface area contributed by atoms with Crippen molar-refractivity contribution in [1.29, 1.82) is 0 Å². The number of hydrogen-bond acceptors (Lipinski definition) is 0. The smallest absolute Gasteiger partial charge is 0.113 e. The summed E-state index contributed by atoms with van der Waals surface area (Å²) in [7, 11) is -1.17. The van der Waals surface area contributed by atoms with Gasteiger partial charge in [0.25, 0.3) is 0 Å². The lowest BCUT2D eigenvalue weighted by Gasteiger charge is -2.26. The van der Waals surface area contributed by atoms with E-state index in [4.69, 9.17) is 0 Å². The predicted molar refractivity (Wildman–Crippen MR) is 204 cm³/mol. The summed E-state index contributed by atoms with van der Waals surface area (Å²) in [6.07, 6.45) is 10.1. The topological polar surface area (TPSA) is 0 Å². The van der Waals surface area contributed by atoms with Gasteiger partial charge in [0.15, 0.2) is 0 Å². The molecule has 0 spiro atoms. The van der Waals surface area contributed by atoms with Crippen LogP contribution in [0.5, 0.6) is 0 Å². The molecule has 2 heteroatoms. The molecule has 0 aliphatic carbocycles. The fourth-order valence-electron chi connectivity index (χ4n) is 7.58. The summed E-state index contributed by atoms with van der Waals surface area (Å²) < 4.78 is 0. The van der Waals surface area contributed by atoms with E-state index in [0.717, 1.165) is 0 Å². The zero-order valence-corrected chi connectivity index (χ0v) is 30.8. The maximum atomic E-state index is 3.86. The number of fused-ring (bicyclic) bond motifs is 4. The molecule has 0 saturated carbocycles. The van der Waals surface area contributed by atoms with E-state index in [-0.39, 0.29) is 0 Å². The first-order valence-corrected chi connectivity index (χ1v) is 19.9. The lowest BCUT2D eigenvalue weighted by Crippen LogP contribution is -2.15. The summed E-state index contributed by atoms with van der Waals surface area (Å²) in [5.74, 6) is 7.69. The number of benzene rings is 5. The molecule has 0 N–H and O–H groups in total. The van der Waals surface area contributed by atoms with Crippen LogP contribution in [0, 0.1) is 22.9 Å². The lowest BCUT2D eigenvalue weighted by molar-refractivity contribution is 0.500. The second-order valence-corrected chi connectivity index (χ2v) is 18.6. The van der Waals surface area contributed by atoms with Crippen molar-refractivity contribution in [2.45, 2.75) is 103 Å². The zero-order valence-electron chi connectivity index (χ0n) is 28.0. The van der Waals surface area contributed by atoms with Crippen LogP contribution in [0.15, 0.2) is 72.8 Å². The molecular weight excluding hydrogens is 561 g/mol. The molecule has 0 heterocycles. The van der Waals surface area contributed by atoms with Crippen LogP contribution in [0.3, 0.4) is 0 Å². The predicted octanol–water partition coefficient (Wildman–Crippen LogP) is 10.8. The average Bonchev–Trinajstić information content (AvgIpc) is 3.01. The molecule has 0 aliphatic rings. The summed E-state index contributed by atoms with van der Waals surface area (Å²) in [5, 5.41) is 10.9. The Morgan fingerprint density at radius 3 is 1.00 bits per heavy atom. The third-order valence-corrected chi connectivity index (χ3v) is 13.5. The van der Waals surface area contributed by atoms with E-state index in [2.05, 4.69) is 137 Å².